The number of nitrogens with zero attached hydrogens (tertiary/aromatic N) is 1. The van der Waals surface area contributed by atoms with Crippen LogP contribution in [0.25, 0.3) is 11.3 Å². The Morgan fingerprint density at radius 3 is 2.66 bits per heavy atom. The molecule has 1 saturated heterocycles. The fourth-order valence-electron chi connectivity index (χ4n) is 3.08. The summed E-state index contributed by atoms with van der Waals surface area (Å²) in [5.41, 5.74) is 1.01. The topological polar surface area (TPSA) is 69.7 Å². The van der Waals surface area contributed by atoms with E-state index in [4.69, 9.17) is 14.2 Å². The standard InChI is InChI=1S/C22H27FN2O4/c1-22(2,3)29-21(26)25-19-5-4-12-27-20(19)14-28-17-9-6-15(7-10-17)18-11-8-16(23)13-24-18/h6-11,13,19-20H,4-5,12,14H2,1-3H3,(H,25,26)/t19-,20+/m0/s1. The maximum absolute atomic E-state index is 13.0. The SMILES string of the molecule is CC(C)(C)OC(=O)N[C@H]1CCCO[C@@H]1COc1ccc(-c2ccc(F)cn2)cc1. The zero-order chi connectivity index (χ0) is 20.9. The molecule has 0 aliphatic carbocycles. The number of ether oxygens (including phenoxy) is 3. The molecule has 156 valence electrons. The molecule has 6 nitrogen and oxygen atoms in total. The largest absolute Gasteiger partial charge is 0.491 e. The van der Waals surface area contributed by atoms with E-state index in [0.29, 0.717) is 24.7 Å². The molecule has 2 heterocycles. The van der Waals surface area contributed by atoms with Crippen molar-refractivity contribution in [1.82, 2.24) is 10.3 Å². The zero-order valence-electron chi connectivity index (χ0n) is 17.0. The summed E-state index contributed by atoms with van der Waals surface area (Å²) in [6.07, 6.45) is 2.17. The summed E-state index contributed by atoms with van der Waals surface area (Å²) in [6, 6.07) is 10.3. The van der Waals surface area contributed by atoms with Gasteiger partial charge < -0.3 is 19.5 Å². The van der Waals surface area contributed by atoms with Gasteiger partial charge in [-0.2, -0.15) is 0 Å². The first-order valence-corrected chi connectivity index (χ1v) is 9.76. The molecule has 1 aromatic heterocycles. The molecule has 0 unspecified atom stereocenters. The second kappa shape index (κ2) is 9.22. The van der Waals surface area contributed by atoms with Gasteiger partial charge in [0.25, 0.3) is 0 Å². The van der Waals surface area contributed by atoms with E-state index in [9.17, 15) is 9.18 Å². The molecular weight excluding hydrogens is 375 g/mol. The van der Waals surface area contributed by atoms with E-state index in [1.807, 2.05) is 45.0 Å². The van der Waals surface area contributed by atoms with Gasteiger partial charge in [0.05, 0.1) is 17.9 Å². The minimum absolute atomic E-state index is 0.165. The van der Waals surface area contributed by atoms with Crippen LogP contribution in [0.1, 0.15) is 33.6 Å². The minimum Gasteiger partial charge on any atom is -0.491 e. The summed E-state index contributed by atoms with van der Waals surface area (Å²) in [6.45, 7) is 6.44. The van der Waals surface area contributed by atoms with Crippen molar-refractivity contribution in [3.8, 4) is 17.0 Å². The van der Waals surface area contributed by atoms with Crippen LogP contribution in [0.4, 0.5) is 9.18 Å². The number of alkyl carbamates (subject to hydrolysis) is 1. The molecule has 7 heteroatoms. The van der Waals surface area contributed by atoms with Gasteiger partial charge in [-0.05, 0) is 70.0 Å². The number of carbonyl (C=O) groups excluding carboxylic acids is 1. The van der Waals surface area contributed by atoms with Crippen molar-refractivity contribution in [2.75, 3.05) is 13.2 Å². The Labute approximate surface area is 170 Å². The van der Waals surface area contributed by atoms with Crippen LogP contribution in [0.3, 0.4) is 0 Å². The number of hydrogen-bond acceptors (Lipinski definition) is 5. The monoisotopic (exact) mass is 402 g/mol. The predicted molar refractivity (Wildman–Crippen MR) is 107 cm³/mol. The Bertz CT molecular complexity index is 803. The van der Waals surface area contributed by atoms with E-state index in [1.54, 1.807) is 6.07 Å². The molecule has 0 saturated carbocycles. The number of benzene rings is 1. The van der Waals surface area contributed by atoms with Gasteiger partial charge in [-0.3, -0.25) is 4.98 Å². The summed E-state index contributed by atoms with van der Waals surface area (Å²) in [5.74, 6) is 0.316. The average molecular weight is 402 g/mol. The second-order valence-electron chi connectivity index (χ2n) is 8.00. The fraction of sp³-hybridized carbons (Fsp3) is 0.455. The number of halogens is 1. The molecule has 1 aromatic carbocycles. The molecule has 1 aliphatic rings. The summed E-state index contributed by atoms with van der Waals surface area (Å²) < 4.78 is 30.0. The number of carbonyl (C=O) groups is 1. The van der Waals surface area contributed by atoms with Crippen LogP contribution >= 0.6 is 0 Å². The maximum atomic E-state index is 13.0. The molecule has 1 fully saturated rings. The molecule has 29 heavy (non-hydrogen) atoms. The third kappa shape index (κ3) is 6.42. The molecule has 3 rings (SSSR count). The van der Waals surface area contributed by atoms with Gasteiger partial charge in [0, 0.05) is 12.2 Å². The van der Waals surface area contributed by atoms with Gasteiger partial charge in [-0.25, -0.2) is 9.18 Å². The van der Waals surface area contributed by atoms with Crippen LogP contribution in [-0.4, -0.2) is 42.0 Å². The van der Waals surface area contributed by atoms with Gasteiger partial charge in [0.15, 0.2) is 0 Å². The molecule has 1 N–H and O–H groups in total. The van der Waals surface area contributed by atoms with Crippen molar-refractivity contribution in [2.45, 2.75) is 51.4 Å². The lowest BCUT2D eigenvalue weighted by atomic mass is 10.0. The Kier molecular flexibility index (Phi) is 6.69. The van der Waals surface area contributed by atoms with Gasteiger partial charge in [-0.15, -0.1) is 0 Å². The fourth-order valence-corrected chi connectivity index (χ4v) is 3.08. The van der Waals surface area contributed by atoms with E-state index >= 15 is 0 Å². The molecule has 0 spiro atoms. The van der Waals surface area contributed by atoms with Gasteiger partial charge in [0.1, 0.15) is 29.9 Å². The van der Waals surface area contributed by atoms with Gasteiger partial charge >= 0.3 is 6.09 Å². The maximum Gasteiger partial charge on any atom is 0.407 e. The van der Waals surface area contributed by atoms with E-state index in [0.717, 1.165) is 18.4 Å². The van der Waals surface area contributed by atoms with Crippen molar-refractivity contribution in [3.05, 3.63) is 48.4 Å². The van der Waals surface area contributed by atoms with Crippen molar-refractivity contribution in [2.24, 2.45) is 0 Å². The average Bonchev–Trinajstić information content (AvgIpc) is 2.67. The van der Waals surface area contributed by atoms with Crippen LogP contribution in [0.5, 0.6) is 5.75 Å². The molecule has 2 atom stereocenters. The van der Waals surface area contributed by atoms with Crippen molar-refractivity contribution in [3.63, 3.8) is 0 Å². The van der Waals surface area contributed by atoms with E-state index in [1.165, 1.54) is 12.3 Å². The van der Waals surface area contributed by atoms with Crippen LogP contribution in [0, 0.1) is 5.82 Å². The van der Waals surface area contributed by atoms with Gasteiger partial charge in [0.2, 0.25) is 0 Å². The van der Waals surface area contributed by atoms with Gasteiger partial charge in [-0.1, -0.05) is 0 Å². The highest BCUT2D eigenvalue weighted by atomic mass is 19.1. The molecule has 0 bridgehead atoms. The number of amides is 1. The zero-order valence-corrected chi connectivity index (χ0v) is 17.0. The summed E-state index contributed by atoms with van der Waals surface area (Å²) in [4.78, 5) is 16.2. The van der Waals surface area contributed by atoms with E-state index < -0.39 is 11.7 Å². The number of pyridine rings is 1. The van der Waals surface area contributed by atoms with Crippen LogP contribution in [0.2, 0.25) is 0 Å². The first-order chi connectivity index (χ1) is 13.8. The highest BCUT2D eigenvalue weighted by Crippen LogP contribution is 2.22. The third-order valence-corrected chi connectivity index (χ3v) is 4.43. The van der Waals surface area contributed by atoms with Crippen molar-refractivity contribution < 1.29 is 23.4 Å². The molecule has 2 aromatic rings. The summed E-state index contributed by atoms with van der Waals surface area (Å²) in [7, 11) is 0. The molecule has 1 aliphatic heterocycles. The predicted octanol–water partition coefficient (Wildman–Crippen LogP) is 4.34. The summed E-state index contributed by atoms with van der Waals surface area (Å²) >= 11 is 0. The Hall–Kier alpha value is -2.67. The Morgan fingerprint density at radius 2 is 2.00 bits per heavy atom. The first kappa shape index (κ1) is 21.0. The highest BCUT2D eigenvalue weighted by Gasteiger charge is 2.29. The smallest absolute Gasteiger partial charge is 0.407 e. The normalized spacial score (nSPS) is 19.4. The highest BCUT2D eigenvalue weighted by molar-refractivity contribution is 5.68. The van der Waals surface area contributed by atoms with E-state index in [2.05, 4.69) is 10.3 Å². The molecule has 1 amide bonds. The quantitative estimate of drug-likeness (QED) is 0.806. The third-order valence-electron chi connectivity index (χ3n) is 4.43. The lowest BCUT2D eigenvalue weighted by molar-refractivity contribution is -0.0360. The van der Waals surface area contributed by atoms with Crippen molar-refractivity contribution >= 4 is 6.09 Å². The second-order valence-corrected chi connectivity index (χ2v) is 8.00. The van der Waals surface area contributed by atoms with Crippen molar-refractivity contribution in [1.29, 1.82) is 0 Å². The van der Waals surface area contributed by atoms with Crippen LogP contribution < -0.4 is 10.1 Å². The Balaban J connectivity index is 1.55. The number of nitrogens with one attached hydrogen (secondary N) is 1. The number of hydrogen-bond donors (Lipinski definition) is 1. The van der Waals surface area contributed by atoms with Crippen LogP contribution in [0.15, 0.2) is 42.6 Å². The first-order valence-electron chi connectivity index (χ1n) is 9.76. The molecule has 0 radical (unpaired) electrons. The summed E-state index contributed by atoms with van der Waals surface area (Å²) in [5, 5.41) is 2.89. The number of rotatable bonds is 5. The number of aromatic nitrogens is 1. The lowest BCUT2D eigenvalue weighted by Gasteiger charge is -2.32. The van der Waals surface area contributed by atoms with Crippen LogP contribution in [-0.2, 0) is 9.47 Å². The lowest BCUT2D eigenvalue weighted by Crippen LogP contribution is -2.50. The Morgan fingerprint density at radius 1 is 1.24 bits per heavy atom. The molecular formula is C22H27FN2O4. The van der Waals surface area contributed by atoms with E-state index in [-0.39, 0.29) is 18.0 Å². The minimum atomic E-state index is -0.549.